The molecule has 2 N–H and O–H groups in total. The molecule has 0 aliphatic heterocycles. The first-order valence-corrected chi connectivity index (χ1v) is 1.86. The van der Waals surface area contributed by atoms with E-state index in [4.69, 9.17) is 10.2 Å². The Morgan fingerprint density at radius 3 is 1.20 bits per heavy atom. The maximum atomic E-state index is 9.95. The molecule has 0 aliphatic rings. The molecule has 0 spiro atoms. The van der Waals surface area contributed by atoms with E-state index in [1.54, 1.807) is 0 Å². The molecular weight excluding hydrogens is 158 g/mol. The molecule has 46 valence electrons. The van der Waals surface area contributed by atoms with Crippen molar-refractivity contribution in [2.75, 3.05) is 0 Å². The van der Waals surface area contributed by atoms with E-state index in [1.807, 2.05) is 0 Å². The number of aromatic hydroxyl groups is 2. The summed E-state index contributed by atoms with van der Waals surface area (Å²) in [4.78, 5) is 19.9. The van der Waals surface area contributed by atoms with Crippen molar-refractivity contribution in [1.82, 2.24) is 0 Å². The minimum absolute atomic E-state index is 0. The van der Waals surface area contributed by atoms with E-state index < -0.39 is 22.4 Å². The summed E-state index contributed by atoms with van der Waals surface area (Å²) in [7, 11) is 0. The van der Waals surface area contributed by atoms with Gasteiger partial charge in [-0.2, -0.15) is 0 Å². The van der Waals surface area contributed by atoms with Crippen molar-refractivity contribution in [2.45, 2.75) is 0 Å². The molecule has 1 aromatic rings. The Hall–Kier alpha value is 0.680. The molecule has 4 nitrogen and oxygen atoms in total. The molecular formula is C4H4Na2O4. The van der Waals surface area contributed by atoms with Gasteiger partial charge in [-0.25, -0.2) is 0 Å². The molecule has 6 heteroatoms. The zero-order chi connectivity index (χ0) is 6.31. The van der Waals surface area contributed by atoms with Crippen LogP contribution in [0.15, 0.2) is 9.59 Å². The van der Waals surface area contributed by atoms with Crippen LogP contribution >= 0.6 is 0 Å². The maximum Gasteiger partial charge on any atom is 1.00 e. The molecule has 0 unspecified atom stereocenters. The molecule has 1 rings (SSSR count). The van der Waals surface area contributed by atoms with Crippen molar-refractivity contribution in [1.29, 1.82) is 0 Å². The summed E-state index contributed by atoms with van der Waals surface area (Å²) in [6, 6.07) is 0. The maximum absolute atomic E-state index is 9.95. The predicted molar refractivity (Wildman–Crippen MR) is 26.9 cm³/mol. The molecule has 1 aromatic carbocycles. The monoisotopic (exact) mass is 162 g/mol. The first kappa shape index (κ1) is 13.3. The Balaban J connectivity index is -0.0000000800. The van der Waals surface area contributed by atoms with E-state index in [1.165, 1.54) is 0 Å². The quantitative estimate of drug-likeness (QED) is 0.293. The molecule has 10 heavy (non-hydrogen) atoms. The Labute approximate surface area is 103 Å². The summed E-state index contributed by atoms with van der Waals surface area (Å²) in [5, 5.41) is 16.4. The fourth-order valence-electron chi connectivity index (χ4n) is 0.368. The number of hydrogen-bond acceptors (Lipinski definition) is 4. The van der Waals surface area contributed by atoms with Gasteiger partial charge in [0.2, 0.25) is 11.5 Å². The van der Waals surface area contributed by atoms with Crippen LogP contribution in [0.5, 0.6) is 11.5 Å². The van der Waals surface area contributed by atoms with E-state index >= 15 is 0 Å². The summed E-state index contributed by atoms with van der Waals surface area (Å²) >= 11 is 0. The Bertz CT molecular complexity index is 263. The van der Waals surface area contributed by atoms with Crippen LogP contribution in [0.25, 0.3) is 0 Å². The van der Waals surface area contributed by atoms with E-state index in [9.17, 15) is 9.59 Å². The van der Waals surface area contributed by atoms with Gasteiger partial charge in [-0.1, -0.05) is 0 Å². The van der Waals surface area contributed by atoms with Crippen LogP contribution in [0, 0.1) is 0 Å². The van der Waals surface area contributed by atoms with Crippen molar-refractivity contribution < 1.29 is 72.2 Å². The standard InChI is InChI=1S/C4H2O4.2Na.2H/c5-1-2(6)4(8)3(1)7;;;;/h5-6H;;;;/q;2*+1;2*-1. The topological polar surface area (TPSA) is 74.6 Å². The third-order valence-corrected chi connectivity index (χ3v) is 0.861. The van der Waals surface area contributed by atoms with Crippen LogP contribution in [0.2, 0.25) is 0 Å². The van der Waals surface area contributed by atoms with Gasteiger partial charge in [0.15, 0.2) is 0 Å². The largest absolute Gasteiger partial charge is 1.00 e. The zero-order valence-electron chi connectivity index (χ0n) is 7.71. The predicted octanol–water partition coefficient (Wildman–Crippen LogP) is -7.07. The fraction of sp³-hybridized carbons (Fsp3) is 0. The van der Waals surface area contributed by atoms with Crippen LogP contribution < -0.4 is 70.0 Å². The summed E-state index contributed by atoms with van der Waals surface area (Å²) < 4.78 is 0. The summed E-state index contributed by atoms with van der Waals surface area (Å²) in [6.07, 6.45) is 0. The van der Waals surface area contributed by atoms with E-state index in [-0.39, 0.29) is 62.0 Å². The van der Waals surface area contributed by atoms with Crippen LogP contribution in [-0.4, -0.2) is 10.2 Å². The van der Waals surface area contributed by atoms with Gasteiger partial charge in [-0.05, 0) is 0 Å². The summed E-state index contributed by atoms with van der Waals surface area (Å²) in [5.41, 5.74) is -2.02. The molecule has 0 fully saturated rings. The Morgan fingerprint density at radius 2 is 1.10 bits per heavy atom. The van der Waals surface area contributed by atoms with E-state index in [0.29, 0.717) is 0 Å². The normalized spacial score (nSPS) is 8.00. The molecule has 0 heterocycles. The fourth-order valence-corrected chi connectivity index (χ4v) is 0.368. The summed E-state index contributed by atoms with van der Waals surface area (Å²) in [5.74, 6) is -1.65. The van der Waals surface area contributed by atoms with Gasteiger partial charge in [-0.15, -0.1) is 0 Å². The van der Waals surface area contributed by atoms with Gasteiger partial charge < -0.3 is 13.1 Å². The van der Waals surface area contributed by atoms with Gasteiger partial charge in [0.05, 0.1) is 0 Å². The van der Waals surface area contributed by atoms with Gasteiger partial charge in [0.25, 0.3) is 10.9 Å². The van der Waals surface area contributed by atoms with Gasteiger partial charge >= 0.3 is 59.1 Å². The van der Waals surface area contributed by atoms with Gasteiger partial charge in [0.1, 0.15) is 0 Å². The first-order valence-electron chi connectivity index (χ1n) is 1.86. The van der Waals surface area contributed by atoms with E-state index in [0.717, 1.165) is 0 Å². The van der Waals surface area contributed by atoms with Crippen LogP contribution in [0.3, 0.4) is 0 Å². The minimum Gasteiger partial charge on any atom is -1.00 e. The first-order chi connectivity index (χ1) is 3.64. The number of rotatable bonds is 0. The molecule has 0 saturated carbocycles. The molecule has 0 amide bonds. The van der Waals surface area contributed by atoms with Crippen molar-refractivity contribution in [3.8, 4) is 11.5 Å². The second kappa shape index (κ2) is 4.54. The second-order valence-corrected chi connectivity index (χ2v) is 1.36. The van der Waals surface area contributed by atoms with E-state index in [2.05, 4.69) is 0 Å². The Morgan fingerprint density at radius 1 is 0.900 bits per heavy atom. The van der Waals surface area contributed by atoms with Crippen molar-refractivity contribution >= 4 is 0 Å². The van der Waals surface area contributed by atoms with Gasteiger partial charge in [0, 0.05) is 0 Å². The molecule has 0 aromatic heterocycles. The number of hydrogen-bond donors (Lipinski definition) is 2. The van der Waals surface area contributed by atoms with Gasteiger partial charge in [-0.3, -0.25) is 9.59 Å². The average molecular weight is 162 g/mol. The average Bonchev–Trinajstić information content (AvgIpc) is 1.83. The SMILES string of the molecule is O=c1c(O)c(O)c1=O.[H-].[H-].[Na+].[Na+]. The molecule has 0 bridgehead atoms. The minimum atomic E-state index is -1.01. The van der Waals surface area contributed by atoms with Crippen molar-refractivity contribution in [3.63, 3.8) is 0 Å². The van der Waals surface area contributed by atoms with Crippen molar-refractivity contribution in [2.24, 2.45) is 0 Å². The second-order valence-electron chi connectivity index (χ2n) is 1.36. The summed E-state index contributed by atoms with van der Waals surface area (Å²) in [6.45, 7) is 0. The van der Waals surface area contributed by atoms with Crippen LogP contribution in [-0.2, 0) is 0 Å². The molecule has 0 atom stereocenters. The van der Waals surface area contributed by atoms with Crippen molar-refractivity contribution in [3.05, 3.63) is 20.4 Å². The third-order valence-electron chi connectivity index (χ3n) is 0.861. The Kier molecular flexibility index (Phi) is 6.03. The third kappa shape index (κ3) is 1.84. The zero-order valence-corrected chi connectivity index (χ0v) is 9.71. The molecule has 0 radical (unpaired) electrons. The molecule has 0 aliphatic carbocycles. The van der Waals surface area contributed by atoms with Crippen LogP contribution in [0.1, 0.15) is 2.85 Å². The smallest absolute Gasteiger partial charge is 1.00 e. The van der Waals surface area contributed by atoms with Crippen LogP contribution in [0.4, 0.5) is 0 Å². The molecule has 0 saturated heterocycles.